The Bertz CT molecular complexity index is 460. The van der Waals surface area contributed by atoms with Gasteiger partial charge in [-0.3, -0.25) is 4.79 Å². The lowest BCUT2D eigenvalue weighted by molar-refractivity contribution is -0.122. The molecule has 2 fully saturated rings. The molecule has 2 N–H and O–H groups in total. The van der Waals surface area contributed by atoms with E-state index in [1.54, 1.807) is 0 Å². The van der Waals surface area contributed by atoms with Crippen LogP contribution < -0.4 is 10.6 Å². The summed E-state index contributed by atoms with van der Waals surface area (Å²) in [5, 5.41) is 0. The molecule has 19 heavy (non-hydrogen) atoms. The lowest BCUT2D eigenvalue weighted by Crippen LogP contribution is -2.37. The second kappa shape index (κ2) is 4.97. The third kappa shape index (κ3) is 2.66. The monoisotopic (exact) mass is 258 g/mol. The molecule has 2 aliphatic carbocycles. The molecule has 1 aromatic carbocycles. The van der Waals surface area contributed by atoms with Crippen LogP contribution in [0.1, 0.15) is 38.2 Å². The highest BCUT2D eigenvalue weighted by Crippen LogP contribution is 2.40. The average molecular weight is 258 g/mol. The molecular formula is C16H22N2O. The van der Waals surface area contributed by atoms with Gasteiger partial charge in [-0.05, 0) is 49.3 Å². The zero-order chi connectivity index (χ0) is 13.4. The van der Waals surface area contributed by atoms with E-state index in [-0.39, 0.29) is 5.92 Å². The zero-order valence-electron chi connectivity index (χ0n) is 11.5. The molecule has 3 nitrogen and oxygen atoms in total. The van der Waals surface area contributed by atoms with Crippen molar-refractivity contribution in [1.29, 1.82) is 0 Å². The Morgan fingerprint density at radius 3 is 2.37 bits per heavy atom. The third-order valence-corrected chi connectivity index (χ3v) is 4.32. The predicted molar refractivity (Wildman–Crippen MR) is 76.7 cm³/mol. The van der Waals surface area contributed by atoms with Gasteiger partial charge < -0.3 is 10.6 Å². The highest BCUT2D eigenvalue weighted by molar-refractivity contribution is 5.96. The fraction of sp³-hybridized carbons (Fsp3) is 0.562. The lowest BCUT2D eigenvalue weighted by atomic mass is 10.0. The van der Waals surface area contributed by atoms with Crippen molar-refractivity contribution in [1.82, 2.24) is 0 Å². The van der Waals surface area contributed by atoms with Gasteiger partial charge in [0.15, 0.2) is 0 Å². The summed E-state index contributed by atoms with van der Waals surface area (Å²) < 4.78 is 0. The average Bonchev–Trinajstić information content (AvgIpc) is 3.29. The number of nitrogens with two attached hydrogens (primary N) is 1. The smallest absolute Gasteiger partial charge is 0.230 e. The molecule has 0 aliphatic heterocycles. The number of anilines is 1. The number of nitrogens with zero attached hydrogens (tertiary/aromatic N) is 1. The van der Waals surface area contributed by atoms with E-state index in [2.05, 4.69) is 6.92 Å². The Balaban J connectivity index is 1.81. The van der Waals surface area contributed by atoms with Crippen molar-refractivity contribution in [2.45, 2.75) is 45.2 Å². The maximum atomic E-state index is 12.7. The quantitative estimate of drug-likeness (QED) is 0.882. The summed E-state index contributed by atoms with van der Waals surface area (Å²) in [5.74, 6) is 1.11. The number of hydrogen-bond donors (Lipinski definition) is 1. The Morgan fingerprint density at radius 1 is 1.26 bits per heavy atom. The first-order chi connectivity index (χ1) is 9.20. The van der Waals surface area contributed by atoms with Crippen molar-refractivity contribution in [3.63, 3.8) is 0 Å². The first kappa shape index (κ1) is 12.7. The molecule has 0 heterocycles. The van der Waals surface area contributed by atoms with E-state index in [1.165, 1.54) is 12.8 Å². The molecule has 1 aromatic rings. The van der Waals surface area contributed by atoms with Crippen molar-refractivity contribution < 1.29 is 4.79 Å². The first-order valence-electron chi connectivity index (χ1n) is 7.33. The van der Waals surface area contributed by atoms with Gasteiger partial charge in [-0.2, -0.15) is 0 Å². The summed E-state index contributed by atoms with van der Waals surface area (Å²) in [7, 11) is 0. The normalized spacial score (nSPS) is 20.1. The summed E-state index contributed by atoms with van der Waals surface area (Å²) in [6.07, 6.45) is 4.72. The van der Waals surface area contributed by atoms with Crippen molar-refractivity contribution in [3.05, 3.63) is 29.8 Å². The van der Waals surface area contributed by atoms with Gasteiger partial charge in [0.25, 0.3) is 0 Å². The molecule has 0 aromatic heterocycles. The standard InChI is InChI=1S/C16H22N2O/c1-11(13-4-5-13)16(19)18(15-8-9-15)14-6-2-12(10-17)3-7-14/h2-3,6-7,11,13,15H,4-5,8-10,17H2,1H3. The molecule has 2 saturated carbocycles. The van der Waals surface area contributed by atoms with Crippen LogP contribution in [-0.4, -0.2) is 11.9 Å². The van der Waals surface area contributed by atoms with Crippen LogP contribution in [0.25, 0.3) is 0 Å². The Kier molecular flexibility index (Phi) is 3.31. The van der Waals surface area contributed by atoms with E-state index in [0.717, 1.165) is 24.1 Å². The Hall–Kier alpha value is -1.35. The van der Waals surface area contributed by atoms with E-state index >= 15 is 0 Å². The fourth-order valence-electron chi connectivity index (χ4n) is 2.66. The van der Waals surface area contributed by atoms with Crippen molar-refractivity contribution in [3.8, 4) is 0 Å². The summed E-state index contributed by atoms with van der Waals surface area (Å²) >= 11 is 0. The number of benzene rings is 1. The van der Waals surface area contributed by atoms with Crippen molar-refractivity contribution in [2.24, 2.45) is 17.6 Å². The second-order valence-electron chi connectivity index (χ2n) is 5.94. The molecule has 0 saturated heterocycles. The van der Waals surface area contributed by atoms with E-state index in [1.807, 2.05) is 29.2 Å². The van der Waals surface area contributed by atoms with Crippen LogP contribution in [0.15, 0.2) is 24.3 Å². The van der Waals surface area contributed by atoms with Crippen LogP contribution in [0.5, 0.6) is 0 Å². The molecule has 1 unspecified atom stereocenters. The van der Waals surface area contributed by atoms with E-state index in [0.29, 0.717) is 24.4 Å². The highest BCUT2D eigenvalue weighted by atomic mass is 16.2. The summed E-state index contributed by atoms with van der Waals surface area (Å²) in [6.45, 7) is 2.64. The topological polar surface area (TPSA) is 46.3 Å². The molecule has 0 bridgehead atoms. The van der Waals surface area contributed by atoms with Gasteiger partial charge in [0, 0.05) is 24.2 Å². The second-order valence-corrected chi connectivity index (χ2v) is 5.94. The minimum Gasteiger partial charge on any atom is -0.326 e. The molecule has 0 spiro atoms. The van der Waals surface area contributed by atoms with Gasteiger partial charge in [-0.25, -0.2) is 0 Å². The Morgan fingerprint density at radius 2 is 1.89 bits per heavy atom. The molecule has 0 radical (unpaired) electrons. The minimum absolute atomic E-state index is 0.176. The third-order valence-electron chi connectivity index (χ3n) is 4.32. The van der Waals surface area contributed by atoms with Crippen LogP contribution >= 0.6 is 0 Å². The van der Waals surface area contributed by atoms with E-state index < -0.39 is 0 Å². The summed E-state index contributed by atoms with van der Waals surface area (Å²) in [6, 6.07) is 8.56. The van der Waals surface area contributed by atoms with Crippen molar-refractivity contribution in [2.75, 3.05) is 4.90 Å². The number of carbonyl (C=O) groups is 1. The largest absolute Gasteiger partial charge is 0.326 e. The van der Waals surface area contributed by atoms with Gasteiger partial charge in [-0.15, -0.1) is 0 Å². The Labute approximate surface area is 114 Å². The van der Waals surface area contributed by atoms with Gasteiger partial charge in [0.1, 0.15) is 0 Å². The molecule has 2 aliphatic rings. The molecule has 102 valence electrons. The summed E-state index contributed by atoms with van der Waals surface area (Å²) in [5.41, 5.74) is 7.78. The van der Waals surface area contributed by atoms with Crippen LogP contribution in [0.4, 0.5) is 5.69 Å². The number of carbonyl (C=O) groups excluding carboxylic acids is 1. The van der Waals surface area contributed by atoms with Crippen molar-refractivity contribution >= 4 is 11.6 Å². The van der Waals surface area contributed by atoms with Crippen LogP contribution in [-0.2, 0) is 11.3 Å². The first-order valence-corrected chi connectivity index (χ1v) is 7.33. The van der Waals surface area contributed by atoms with Gasteiger partial charge in [0.05, 0.1) is 0 Å². The lowest BCUT2D eigenvalue weighted by Gasteiger charge is -2.26. The van der Waals surface area contributed by atoms with Crippen LogP contribution in [0.2, 0.25) is 0 Å². The molecule has 3 rings (SSSR count). The fourth-order valence-corrected chi connectivity index (χ4v) is 2.66. The number of amides is 1. The van der Waals surface area contributed by atoms with Gasteiger partial charge >= 0.3 is 0 Å². The van der Waals surface area contributed by atoms with Crippen LogP contribution in [0.3, 0.4) is 0 Å². The number of hydrogen-bond acceptors (Lipinski definition) is 2. The predicted octanol–water partition coefficient (Wildman–Crippen LogP) is 2.69. The summed E-state index contributed by atoms with van der Waals surface area (Å²) in [4.78, 5) is 14.7. The molecular weight excluding hydrogens is 236 g/mol. The molecule has 3 heteroatoms. The van der Waals surface area contributed by atoms with E-state index in [9.17, 15) is 4.79 Å². The molecule has 1 atom stereocenters. The highest BCUT2D eigenvalue weighted by Gasteiger charge is 2.40. The zero-order valence-corrected chi connectivity index (χ0v) is 11.5. The maximum absolute atomic E-state index is 12.7. The van der Waals surface area contributed by atoms with Crippen LogP contribution in [0, 0.1) is 11.8 Å². The maximum Gasteiger partial charge on any atom is 0.230 e. The van der Waals surface area contributed by atoms with Gasteiger partial charge in [0.2, 0.25) is 5.91 Å². The SMILES string of the molecule is CC(C(=O)N(c1ccc(CN)cc1)C1CC1)C1CC1. The molecule has 1 amide bonds. The minimum atomic E-state index is 0.176. The van der Waals surface area contributed by atoms with E-state index in [4.69, 9.17) is 5.73 Å². The van der Waals surface area contributed by atoms with Gasteiger partial charge in [-0.1, -0.05) is 19.1 Å². The number of rotatable bonds is 5.